The van der Waals surface area contributed by atoms with E-state index in [1.807, 2.05) is 20.8 Å². The van der Waals surface area contributed by atoms with E-state index >= 15 is 0 Å². The number of hydrogen-bond donors (Lipinski definition) is 0. The SMILES string of the molecule is C=CC(=C)N(CC)C(C)=O.CC. The van der Waals surface area contributed by atoms with Gasteiger partial charge in [-0.2, -0.15) is 0 Å². The summed E-state index contributed by atoms with van der Waals surface area (Å²) in [6, 6.07) is 0. The molecule has 0 saturated carbocycles. The summed E-state index contributed by atoms with van der Waals surface area (Å²) in [5.41, 5.74) is 0.662. The van der Waals surface area contributed by atoms with Crippen LogP contribution in [0.4, 0.5) is 0 Å². The van der Waals surface area contributed by atoms with Crippen LogP contribution in [-0.4, -0.2) is 17.4 Å². The molecule has 0 heterocycles. The van der Waals surface area contributed by atoms with Crippen LogP contribution in [0.2, 0.25) is 0 Å². The summed E-state index contributed by atoms with van der Waals surface area (Å²) in [5, 5.41) is 0. The van der Waals surface area contributed by atoms with E-state index in [9.17, 15) is 4.79 Å². The lowest BCUT2D eigenvalue weighted by molar-refractivity contribution is -0.126. The molecule has 0 rings (SSSR count). The first kappa shape index (κ1) is 13.5. The molecule has 0 aromatic rings. The predicted octanol–water partition coefficient (Wildman–Crippen LogP) is 2.58. The van der Waals surface area contributed by atoms with Crippen molar-refractivity contribution in [3.05, 3.63) is 24.9 Å². The molecule has 0 saturated heterocycles. The second-order valence-corrected chi connectivity index (χ2v) is 1.96. The summed E-state index contributed by atoms with van der Waals surface area (Å²) in [6.07, 6.45) is 1.57. The lowest BCUT2D eigenvalue weighted by atomic mass is 10.4. The Morgan fingerprint density at radius 2 is 1.92 bits per heavy atom. The summed E-state index contributed by atoms with van der Waals surface area (Å²) in [5.74, 6) is 0.00685. The van der Waals surface area contributed by atoms with Gasteiger partial charge in [0.15, 0.2) is 0 Å². The first-order valence-electron chi connectivity index (χ1n) is 4.23. The molecule has 0 N–H and O–H groups in total. The average molecular weight is 169 g/mol. The highest BCUT2D eigenvalue weighted by molar-refractivity contribution is 5.75. The maximum Gasteiger partial charge on any atom is 0.223 e. The van der Waals surface area contributed by atoms with Crippen molar-refractivity contribution >= 4 is 5.91 Å². The molecule has 0 aliphatic rings. The normalized spacial score (nSPS) is 7.67. The monoisotopic (exact) mass is 169 g/mol. The van der Waals surface area contributed by atoms with Crippen LogP contribution >= 0.6 is 0 Å². The van der Waals surface area contributed by atoms with Gasteiger partial charge in [0.1, 0.15) is 0 Å². The highest BCUT2D eigenvalue weighted by Crippen LogP contribution is 2.01. The quantitative estimate of drug-likeness (QED) is 0.595. The minimum Gasteiger partial charge on any atom is -0.314 e. The van der Waals surface area contributed by atoms with Gasteiger partial charge >= 0.3 is 0 Å². The van der Waals surface area contributed by atoms with E-state index in [1.165, 1.54) is 6.92 Å². The zero-order chi connectivity index (χ0) is 10.1. The third-order valence-corrected chi connectivity index (χ3v) is 1.28. The van der Waals surface area contributed by atoms with Gasteiger partial charge in [-0.25, -0.2) is 0 Å². The number of likely N-dealkylation sites (N-methyl/N-ethyl adjacent to an activating group) is 1. The van der Waals surface area contributed by atoms with Crippen LogP contribution in [0.5, 0.6) is 0 Å². The van der Waals surface area contributed by atoms with Crippen LogP contribution in [0.3, 0.4) is 0 Å². The summed E-state index contributed by atoms with van der Waals surface area (Å²) in [4.78, 5) is 12.4. The number of rotatable bonds is 3. The highest BCUT2D eigenvalue weighted by atomic mass is 16.2. The summed E-state index contributed by atoms with van der Waals surface area (Å²) in [6.45, 7) is 15.2. The van der Waals surface area contributed by atoms with Crippen molar-refractivity contribution in [3.8, 4) is 0 Å². The van der Waals surface area contributed by atoms with Gasteiger partial charge in [-0.15, -0.1) is 0 Å². The zero-order valence-corrected chi connectivity index (χ0v) is 8.55. The Morgan fingerprint density at radius 1 is 1.50 bits per heavy atom. The van der Waals surface area contributed by atoms with Gasteiger partial charge in [-0.3, -0.25) is 4.79 Å². The number of amides is 1. The van der Waals surface area contributed by atoms with Crippen molar-refractivity contribution in [1.82, 2.24) is 4.90 Å². The van der Waals surface area contributed by atoms with Crippen LogP contribution in [0.1, 0.15) is 27.7 Å². The van der Waals surface area contributed by atoms with Gasteiger partial charge in [0.05, 0.1) is 0 Å². The molecule has 2 heteroatoms. The van der Waals surface area contributed by atoms with Gasteiger partial charge < -0.3 is 4.90 Å². The van der Waals surface area contributed by atoms with Crippen LogP contribution in [-0.2, 0) is 4.79 Å². The Hall–Kier alpha value is -1.05. The number of carbonyl (C=O) groups excluding carboxylic acids is 1. The molecule has 70 valence electrons. The van der Waals surface area contributed by atoms with E-state index in [1.54, 1.807) is 11.0 Å². The third kappa shape index (κ3) is 4.72. The highest BCUT2D eigenvalue weighted by Gasteiger charge is 2.05. The van der Waals surface area contributed by atoms with Crippen LogP contribution in [0.15, 0.2) is 24.9 Å². The zero-order valence-electron chi connectivity index (χ0n) is 8.55. The molecular weight excluding hydrogens is 150 g/mol. The smallest absolute Gasteiger partial charge is 0.223 e. The standard InChI is InChI=1S/C8H13NO.C2H6/c1-5-7(3)9(6-2)8(4)10;1-2/h5H,1,3,6H2,2,4H3;1-2H3. The van der Waals surface area contributed by atoms with Gasteiger partial charge in [0.25, 0.3) is 0 Å². The van der Waals surface area contributed by atoms with E-state index in [4.69, 9.17) is 0 Å². The fourth-order valence-corrected chi connectivity index (χ4v) is 0.738. The number of carbonyl (C=O) groups is 1. The molecule has 0 fully saturated rings. The average Bonchev–Trinajstić information content (AvgIpc) is 2.08. The van der Waals surface area contributed by atoms with Crippen LogP contribution in [0, 0.1) is 0 Å². The third-order valence-electron chi connectivity index (χ3n) is 1.28. The predicted molar refractivity (Wildman–Crippen MR) is 53.7 cm³/mol. The van der Waals surface area contributed by atoms with Crippen molar-refractivity contribution in [2.45, 2.75) is 27.7 Å². The second-order valence-electron chi connectivity index (χ2n) is 1.96. The minimum atomic E-state index is 0.00685. The topological polar surface area (TPSA) is 20.3 Å². The summed E-state index contributed by atoms with van der Waals surface area (Å²) in [7, 11) is 0. The molecular formula is C10H19NO. The Bertz CT molecular complexity index is 161. The number of nitrogens with zero attached hydrogens (tertiary/aromatic N) is 1. The minimum absolute atomic E-state index is 0.00685. The fraction of sp³-hybridized carbons (Fsp3) is 0.500. The Balaban J connectivity index is 0. The first-order chi connectivity index (χ1) is 5.63. The molecule has 0 aromatic heterocycles. The second kappa shape index (κ2) is 8.05. The van der Waals surface area contributed by atoms with E-state index in [0.29, 0.717) is 12.2 Å². The van der Waals surface area contributed by atoms with Crippen molar-refractivity contribution in [2.75, 3.05) is 6.54 Å². The molecule has 0 radical (unpaired) electrons. The maximum atomic E-state index is 10.8. The molecule has 12 heavy (non-hydrogen) atoms. The molecule has 0 bridgehead atoms. The van der Waals surface area contributed by atoms with E-state index in [2.05, 4.69) is 13.2 Å². The fourth-order valence-electron chi connectivity index (χ4n) is 0.738. The van der Waals surface area contributed by atoms with Gasteiger partial charge in [-0.05, 0) is 13.0 Å². The lowest BCUT2D eigenvalue weighted by Crippen LogP contribution is -2.26. The summed E-state index contributed by atoms with van der Waals surface area (Å²) < 4.78 is 0. The maximum absolute atomic E-state index is 10.8. The van der Waals surface area contributed by atoms with E-state index in [-0.39, 0.29) is 5.91 Å². The number of hydrogen-bond acceptors (Lipinski definition) is 1. The molecule has 2 nitrogen and oxygen atoms in total. The van der Waals surface area contributed by atoms with Crippen molar-refractivity contribution < 1.29 is 4.79 Å². The molecule has 0 aliphatic carbocycles. The Morgan fingerprint density at radius 3 is 2.00 bits per heavy atom. The Labute approximate surface area is 75.6 Å². The van der Waals surface area contributed by atoms with Crippen LogP contribution < -0.4 is 0 Å². The van der Waals surface area contributed by atoms with Gasteiger partial charge in [0.2, 0.25) is 5.91 Å². The summed E-state index contributed by atoms with van der Waals surface area (Å²) >= 11 is 0. The largest absolute Gasteiger partial charge is 0.314 e. The van der Waals surface area contributed by atoms with Crippen LogP contribution in [0.25, 0.3) is 0 Å². The van der Waals surface area contributed by atoms with E-state index < -0.39 is 0 Å². The van der Waals surface area contributed by atoms with Gasteiger partial charge in [0, 0.05) is 19.2 Å². The lowest BCUT2D eigenvalue weighted by Gasteiger charge is -2.18. The molecule has 0 spiro atoms. The number of allylic oxidation sites excluding steroid dienone is 1. The van der Waals surface area contributed by atoms with Crippen molar-refractivity contribution in [3.63, 3.8) is 0 Å². The van der Waals surface area contributed by atoms with Crippen molar-refractivity contribution in [2.24, 2.45) is 0 Å². The first-order valence-corrected chi connectivity index (χ1v) is 4.23. The van der Waals surface area contributed by atoms with Crippen molar-refractivity contribution in [1.29, 1.82) is 0 Å². The molecule has 1 amide bonds. The van der Waals surface area contributed by atoms with Gasteiger partial charge in [-0.1, -0.05) is 27.0 Å². The molecule has 0 unspecified atom stereocenters. The molecule has 0 atom stereocenters. The van der Waals surface area contributed by atoms with E-state index in [0.717, 1.165) is 0 Å². The molecule has 0 aromatic carbocycles. The Kier molecular flexibility index (Phi) is 9.08. The molecule has 0 aliphatic heterocycles.